The molecule has 2 saturated heterocycles. The van der Waals surface area contributed by atoms with E-state index in [1.165, 1.54) is 42.5 Å². The van der Waals surface area contributed by atoms with Crippen molar-refractivity contribution in [1.29, 1.82) is 0 Å². The second-order valence-corrected chi connectivity index (χ2v) is 15.1. The van der Waals surface area contributed by atoms with Gasteiger partial charge in [0.05, 0.1) is 24.7 Å². The minimum absolute atomic E-state index is 0.246. The molecule has 3 aromatic carbocycles. The van der Waals surface area contributed by atoms with E-state index in [1.54, 1.807) is 0 Å². The van der Waals surface area contributed by atoms with Crippen LogP contribution in [0.15, 0.2) is 72.8 Å². The summed E-state index contributed by atoms with van der Waals surface area (Å²) < 4.78 is 166. The summed E-state index contributed by atoms with van der Waals surface area (Å²) in [6, 6.07) is 14.9. The van der Waals surface area contributed by atoms with Crippen LogP contribution < -0.4 is 10.6 Å². The topological polar surface area (TPSA) is 75.3 Å². The smallest absolute Gasteiger partial charge is 0.278 e. The van der Waals surface area contributed by atoms with Crippen molar-refractivity contribution in [3.8, 4) is 0 Å². The Balaban J connectivity index is 0.000000187. The van der Waals surface area contributed by atoms with Crippen molar-refractivity contribution < 1.29 is 67.1 Å². The molecule has 306 valence electrons. The van der Waals surface area contributed by atoms with E-state index in [4.69, 9.17) is 0 Å². The summed E-state index contributed by atoms with van der Waals surface area (Å²) in [6.07, 6.45) is -6.74. The Labute approximate surface area is 314 Å². The van der Waals surface area contributed by atoms with E-state index in [0.29, 0.717) is 0 Å². The van der Waals surface area contributed by atoms with Crippen LogP contribution in [0.4, 0.5) is 52.7 Å². The highest BCUT2D eigenvalue weighted by molar-refractivity contribution is 5.89. The summed E-state index contributed by atoms with van der Waals surface area (Å²) in [5.74, 6) is -16.4. The molecule has 17 heteroatoms. The number of carbonyl (C=O) groups is 3. The van der Waals surface area contributed by atoms with Crippen LogP contribution in [0.3, 0.4) is 0 Å². The van der Waals surface area contributed by atoms with Gasteiger partial charge >= 0.3 is 0 Å². The fraction of sp³-hybridized carbons (Fsp3) is 0.462. The van der Waals surface area contributed by atoms with Crippen molar-refractivity contribution in [2.75, 3.05) is 0 Å². The van der Waals surface area contributed by atoms with Gasteiger partial charge in [-0.05, 0) is 52.8 Å². The summed E-state index contributed by atoms with van der Waals surface area (Å²) >= 11 is 0. The molecule has 2 N–H and O–H groups in total. The number of benzene rings is 3. The molecule has 1 saturated carbocycles. The zero-order chi connectivity index (χ0) is 42.5. The predicted molar refractivity (Wildman–Crippen MR) is 180 cm³/mol. The second-order valence-electron chi connectivity index (χ2n) is 15.1. The molecule has 0 radical (unpaired) electrons. The molecular weight excluding hydrogens is 772 g/mol. The van der Waals surface area contributed by atoms with Crippen molar-refractivity contribution in [2.45, 2.75) is 112 Å². The summed E-state index contributed by atoms with van der Waals surface area (Å²) in [5.41, 5.74) is -12.7. The maximum atomic E-state index is 14.2. The zero-order valence-electron chi connectivity index (χ0n) is 30.6. The monoisotopic (exact) mass is 810 g/mol. The maximum absolute atomic E-state index is 14.2. The van der Waals surface area contributed by atoms with E-state index in [1.807, 2.05) is 10.6 Å². The first kappa shape index (κ1) is 44.1. The SMILES string of the molecule is CC1(F)CC(F)(F)[C@@](C)(c2ccccc2F)CC1=O.CC1(F)CC(F)(F)[C@@](C)(c2ccccc2F)NC1=O.C[C@]1(c2ccccc2F)NC(=O)C(F)CC1(F)F. The lowest BCUT2D eigenvalue weighted by molar-refractivity contribution is -0.175. The molecule has 2 heterocycles. The summed E-state index contributed by atoms with van der Waals surface area (Å²) in [5, 5.41) is 3.81. The van der Waals surface area contributed by atoms with Crippen LogP contribution in [-0.2, 0) is 30.9 Å². The number of halogens is 12. The predicted octanol–water partition coefficient (Wildman–Crippen LogP) is 9.27. The van der Waals surface area contributed by atoms with Gasteiger partial charge in [0.15, 0.2) is 23.3 Å². The van der Waals surface area contributed by atoms with Gasteiger partial charge in [-0.15, -0.1) is 0 Å². The number of piperidine rings is 2. The quantitative estimate of drug-likeness (QED) is 0.259. The molecule has 6 rings (SSSR count). The highest BCUT2D eigenvalue weighted by Gasteiger charge is 2.64. The molecule has 2 aliphatic heterocycles. The summed E-state index contributed by atoms with van der Waals surface area (Å²) in [4.78, 5) is 34.5. The van der Waals surface area contributed by atoms with E-state index >= 15 is 0 Å². The Kier molecular flexibility index (Phi) is 11.6. The fourth-order valence-electron chi connectivity index (χ4n) is 6.87. The average Bonchev–Trinajstić information content (AvgIpc) is 3.06. The third kappa shape index (κ3) is 7.86. The first-order chi connectivity index (χ1) is 25.5. The second kappa shape index (κ2) is 14.7. The molecule has 5 nitrogen and oxygen atoms in total. The lowest BCUT2D eigenvalue weighted by atomic mass is 9.64. The highest BCUT2D eigenvalue weighted by atomic mass is 19.3. The van der Waals surface area contributed by atoms with Crippen LogP contribution in [-0.4, -0.2) is 52.9 Å². The summed E-state index contributed by atoms with van der Waals surface area (Å²) in [6.45, 7) is 4.74. The van der Waals surface area contributed by atoms with Gasteiger partial charge in [0.2, 0.25) is 0 Å². The number of hydrogen-bond donors (Lipinski definition) is 2. The van der Waals surface area contributed by atoms with E-state index in [9.17, 15) is 67.1 Å². The van der Waals surface area contributed by atoms with Crippen LogP contribution in [0.5, 0.6) is 0 Å². The molecule has 3 aliphatic rings. The fourth-order valence-corrected chi connectivity index (χ4v) is 6.87. The van der Waals surface area contributed by atoms with Crippen molar-refractivity contribution in [1.82, 2.24) is 10.6 Å². The molecule has 3 aromatic rings. The van der Waals surface area contributed by atoms with Gasteiger partial charge in [0, 0.05) is 23.1 Å². The largest absolute Gasteiger partial charge is 0.338 e. The molecule has 2 amide bonds. The molecule has 3 fully saturated rings. The minimum Gasteiger partial charge on any atom is -0.338 e. The highest BCUT2D eigenvalue weighted by Crippen LogP contribution is 2.53. The Morgan fingerprint density at radius 3 is 1.38 bits per heavy atom. The van der Waals surface area contributed by atoms with Gasteiger partial charge < -0.3 is 10.6 Å². The molecule has 6 atom stereocenters. The van der Waals surface area contributed by atoms with Crippen molar-refractivity contribution in [3.63, 3.8) is 0 Å². The van der Waals surface area contributed by atoms with Crippen molar-refractivity contribution >= 4 is 17.6 Å². The third-order valence-electron chi connectivity index (χ3n) is 10.7. The molecule has 56 heavy (non-hydrogen) atoms. The molecule has 0 aromatic heterocycles. The van der Waals surface area contributed by atoms with Gasteiger partial charge in [0.1, 0.15) is 28.5 Å². The lowest BCUT2D eigenvalue weighted by Crippen LogP contribution is -2.66. The number of alkyl halides is 9. The average molecular weight is 811 g/mol. The number of rotatable bonds is 3. The third-order valence-corrected chi connectivity index (χ3v) is 10.7. The summed E-state index contributed by atoms with van der Waals surface area (Å²) in [7, 11) is 0. The number of ketones is 1. The Morgan fingerprint density at radius 1 is 0.536 bits per heavy atom. The van der Waals surface area contributed by atoms with Gasteiger partial charge in [-0.1, -0.05) is 54.6 Å². The van der Waals surface area contributed by atoms with Crippen molar-refractivity contribution in [2.24, 2.45) is 0 Å². The Bertz CT molecular complexity index is 1890. The Morgan fingerprint density at radius 2 is 0.929 bits per heavy atom. The van der Waals surface area contributed by atoms with Crippen LogP contribution in [0.2, 0.25) is 0 Å². The molecule has 3 unspecified atom stereocenters. The van der Waals surface area contributed by atoms with Crippen LogP contribution in [0.25, 0.3) is 0 Å². The molecular formula is C39H38F12N2O3. The minimum atomic E-state index is -3.60. The van der Waals surface area contributed by atoms with Gasteiger partial charge in [-0.3, -0.25) is 14.4 Å². The van der Waals surface area contributed by atoms with Gasteiger partial charge in [0.25, 0.3) is 29.6 Å². The molecule has 1 aliphatic carbocycles. The lowest BCUT2D eigenvalue weighted by Gasteiger charge is -2.45. The normalized spacial score (nSPS) is 33.1. The number of Topliss-reactive ketones (excluding diaryl/α,β-unsaturated/α-hetero) is 1. The molecule has 0 spiro atoms. The van der Waals surface area contributed by atoms with Gasteiger partial charge in [-0.25, -0.2) is 52.7 Å². The first-order valence-corrected chi connectivity index (χ1v) is 17.1. The van der Waals surface area contributed by atoms with Crippen LogP contribution >= 0.6 is 0 Å². The van der Waals surface area contributed by atoms with Gasteiger partial charge in [-0.2, -0.15) is 0 Å². The van der Waals surface area contributed by atoms with E-state index < -0.39 is 113 Å². The number of carbonyl (C=O) groups excluding carboxylic acids is 3. The maximum Gasteiger partial charge on any atom is 0.278 e. The Hall–Kier alpha value is -4.57. The van der Waals surface area contributed by atoms with Crippen molar-refractivity contribution in [3.05, 3.63) is 107 Å². The number of amides is 2. The van der Waals surface area contributed by atoms with E-state index in [-0.39, 0.29) is 16.7 Å². The standard InChI is InChI=1S/C14H14F4O.C13H13F4NO.C12H11F4NO/c1-12(9-5-3-4-6-10(9)15)7-11(19)13(2,16)8-14(12,17)18;1-11(15)7-13(16,17)12(2,18-10(11)19)8-5-3-4-6-9(8)14;1-11(7-4-2-3-5-8(7)13)12(15,16)6-9(14)10(18)17-11/h3-6H,7-8H2,1-2H3;3-6H,7H2,1-2H3,(H,18,19);2-5,9H,6H2,1H3,(H,17,18)/t12-,13?;11?,12-;9?,11-/m111/s1. The van der Waals surface area contributed by atoms with Crippen LogP contribution in [0, 0.1) is 17.5 Å². The molecule has 0 bridgehead atoms. The number of nitrogens with one attached hydrogen (secondary N) is 2. The number of hydrogen-bond acceptors (Lipinski definition) is 3. The zero-order valence-corrected chi connectivity index (χ0v) is 30.6. The van der Waals surface area contributed by atoms with E-state index in [0.717, 1.165) is 65.0 Å². The first-order valence-electron chi connectivity index (χ1n) is 17.1. The van der Waals surface area contributed by atoms with E-state index in [2.05, 4.69) is 0 Å². The van der Waals surface area contributed by atoms with Crippen LogP contribution in [0.1, 0.15) is 77.0 Å².